The lowest BCUT2D eigenvalue weighted by Gasteiger charge is -2.08. The van der Waals surface area contributed by atoms with E-state index >= 15 is 0 Å². The normalized spacial score (nSPS) is 11.2. The first-order chi connectivity index (χ1) is 10.0. The molecule has 3 rings (SSSR count). The maximum Gasteiger partial charge on any atom is 0.202 e. The number of hydrogen-bond acceptors (Lipinski definition) is 3. The summed E-state index contributed by atoms with van der Waals surface area (Å²) in [5, 5.41) is 1.79. The first-order valence-electron chi connectivity index (χ1n) is 6.26. The number of nitrogens with two attached hydrogens (primary N) is 1. The van der Waals surface area contributed by atoms with Gasteiger partial charge in [-0.3, -0.25) is 4.57 Å². The first-order valence-corrected chi connectivity index (χ1v) is 7.39. The van der Waals surface area contributed by atoms with Crippen LogP contribution < -0.4 is 5.73 Å². The lowest BCUT2D eigenvalue weighted by Crippen LogP contribution is -2.06. The molecule has 1 aromatic carbocycles. The minimum atomic E-state index is 0.407. The molecule has 21 heavy (non-hydrogen) atoms. The second-order valence-electron chi connectivity index (χ2n) is 4.60. The molecule has 0 aliphatic heterocycles. The largest absolute Gasteiger partial charge is 0.369 e. The van der Waals surface area contributed by atoms with Gasteiger partial charge in [-0.2, -0.15) is 0 Å². The number of anilines is 1. The molecule has 108 valence electrons. The Bertz CT molecular complexity index is 813. The van der Waals surface area contributed by atoms with E-state index in [1.165, 1.54) is 0 Å². The predicted molar refractivity (Wildman–Crippen MR) is 87.1 cm³/mol. The van der Waals surface area contributed by atoms with E-state index in [-0.39, 0.29) is 0 Å². The number of pyridine rings is 1. The van der Waals surface area contributed by atoms with Gasteiger partial charge in [0.2, 0.25) is 5.95 Å². The van der Waals surface area contributed by atoms with E-state index in [0.717, 1.165) is 5.56 Å². The van der Waals surface area contributed by atoms with Crippen LogP contribution in [-0.4, -0.2) is 14.5 Å². The number of benzene rings is 1. The van der Waals surface area contributed by atoms with Crippen molar-refractivity contribution in [1.82, 2.24) is 14.5 Å². The van der Waals surface area contributed by atoms with E-state index in [1.54, 1.807) is 18.3 Å². The molecular formula is C14H11Cl3N4. The van der Waals surface area contributed by atoms with E-state index in [9.17, 15) is 0 Å². The number of imidazole rings is 1. The number of fused-ring (bicyclic) bond motifs is 1. The van der Waals surface area contributed by atoms with E-state index in [0.29, 0.717) is 45.1 Å². The van der Waals surface area contributed by atoms with Crippen LogP contribution in [-0.2, 0) is 13.0 Å². The highest BCUT2D eigenvalue weighted by atomic mass is 35.5. The van der Waals surface area contributed by atoms with Crippen LogP contribution in [0, 0.1) is 0 Å². The van der Waals surface area contributed by atoms with Gasteiger partial charge < -0.3 is 5.73 Å². The minimum absolute atomic E-state index is 0.407. The number of aryl methyl sites for hydroxylation is 2. The van der Waals surface area contributed by atoms with Gasteiger partial charge in [0, 0.05) is 22.8 Å². The molecule has 2 N–H and O–H groups in total. The second-order valence-corrected chi connectivity index (χ2v) is 5.88. The van der Waals surface area contributed by atoms with Gasteiger partial charge >= 0.3 is 0 Å². The smallest absolute Gasteiger partial charge is 0.202 e. The van der Waals surface area contributed by atoms with Gasteiger partial charge in [0.1, 0.15) is 5.52 Å². The Balaban J connectivity index is 1.90. The van der Waals surface area contributed by atoms with Crippen LogP contribution in [0.4, 0.5) is 5.95 Å². The fraction of sp³-hybridized carbons (Fsp3) is 0.143. The molecular weight excluding hydrogens is 331 g/mol. The monoisotopic (exact) mass is 340 g/mol. The standard InChI is InChI=1S/C14H11Cl3N4/c15-9-2-1-8(11(17)5-9)3-4-21-13-12(20-14(21)18)6-10(16)7-19-13/h1-2,5-7H,3-4H2,(H2,18,20). The average molecular weight is 342 g/mol. The minimum Gasteiger partial charge on any atom is -0.369 e. The van der Waals surface area contributed by atoms with Crippen LogP contribution in [0.3, 0.4) is 0 Å². The van der Waals surface area contributed by atoms with Crippen molar-refractivity contribution in [2.45, 2.75) is 13.0 Å². The van der Waals surface area contributed by atoms with Gasteiger partial charge in [-0.1, -0.05) is 40.9 Å². The summed E-state index contributed by atoms with van der Waals surface area (Å²) in [6, 6.07) is 7.19. The predicted octanol–water partition coefficient (Wildman–Crippen LogP) is 4.22. The van der Waals surface area contributed by atoms with Crippen molar-refractivity contribution in [2.24, 2.45) is 0 Å². The zero-order chi connectivity index (χ0) is 15.0. The molecule has 0 amide bonds. The van der Waals surface area contributed by atoms with Crippen LogP contribution in [0.1, 0.15) is 5.56 Å². The van der Waals surface area contributed by atoms with Crippen molar-refractivity contribution in [3.8, 4) is 0 Å². The topological polar surface area (TPSA) is 56.7 Å². The molecule has 0 aliphatic carbocycles. The van der Waals surface area contributed by atoms with Crippen molar-refractivity contribution in [1.29, 1.82) is 0 Å². The zero-order valence-corrected chi connectivity index (χ0v) is 13.1. The number of nitrogen functional groups attached to an aromatic ring is 1. The number of nitrogens with zero attached hydrogens (tertiary/aromatic N) is 3. The summed E-state index contributed by atoms with van der Waals surface area (Å²) in [5.74, 6) is 0.407. The Kier molecular flexibility index (Phi) is 3.93. The maximum absolute atomic E-state index is 6.17. The van der Waals surface area contributed by atoms with Gasteiger partial charge in [-0.25, -0.2) is 9.97 Å². The molecule has 0 fully saturated rings. The van der Waals surface area contributed by atoms with Crippen LogP contribution in [0.15, 0.2) is 30.5 Å². The average Bonchev–Trinajstić information content (AvgIpc) is 2.72. The molecule has 2 heterocycles. The van der Waals surface area contributed by atoms with Gasteiger partial charge in [-0.05, 0) is 30.2 Å². The van der Waals surface area contributed by atoms with Crippen LogP contribution in [0.5, 0.6) is 0 Å². The highest BCUT2D eigenvalue weighted by Gasteiger charge is 2.11. The van der Waals surface area contributed by atoms with E-state index in [4.69, 9.17) is 40.5 Å². The highest BCUT2D eigenvalue weighted by Crippen LogP contribution is 2.23. The molecule has 3 aromatic rings. The molecule has 4 nitrogen and oxygen atoms in total. The third kappa shape index (κ3) is 2.93. The lowest BCUT2D eigenvalue weighted by atomic mass is 10.1. The summed E-state index contributed by atoms with van der Waals surface area (Å²) in [4.78, 5) is 8.55. The van der Waals surface area contributed by atoms with Gasteiger partial charge in [0.05, 0.1) is 5.02 Å². The van der Waals surface area contributed by atoms with Crippen molar-refractivity contribution in [3.63, 3.8) is 0 Å². The summed E-state index contributed by atoms with van der Waals surface area (Å²) in [6.07, 6.45) is 2.28. The summed E-state index contributed by atoms with van der Waals surface area (Å²) in [5.41, 5.74) is 8.33. The second kappa shape index (κ2) is 5.72. The van der Waals surface area contributed by atoms with E-state index < -0.39 is 0 Å². The molecule has 0 saturated heterocycles. The number of halogens is 3. The number of hydrogen-bond donors (Lipinski definition) is 1. The fourth-order valence-corrected chi connectivity index (χ4v) is 2.84. The molecule has 0 unspecified atom stereocenters. The quantitative estimate of drug-likeness (QED) is 0.776. The zero-order valence-electron chi connectivity index (χ0n) is 10.9. The summed E-state index contributed by atoms with van der Waals surface area (Å²) >= 11 is 18.0. The third-order valence-corrected chi connectivity index (χ3v) is 3.99. The Hall–Kier alpha value is -1.49. The molecule has 0 bridgehead atoms. The summed E-state index contributed by atoms with van der Waals surface area (Å²) in [7, 11) is 0. The van der Waals surface area contributed by atoms with Crippen molar-refractivity contribution in [2.75, 3.05) is 5.73 Å². The maximum atomic E-state index is 6.17. The molecule has 7 heteroatoms. The Morgan fingerprint density at radius 3 is 2.67 bits per heavy atom. The lowest BCUT2D eigenvalue weighted by molar-refractivity contribution is 0.720. The van der Waals surface area contributed by atoms with E-state index in [1.807, 2.05) is 16.7 Å². The number of rotatable bonds is 3. The molecule has 0 saturated carbocycles. The van der Waals surface area contributed by atoms with Crippen molar-refractivity contribution in [3.05, 3.63) is 51.1 Å². The molecule has 0 spiro atoms. The molecule has 0 aliphatic rings. The summed E-state index contributed by atoms with van der Waals surface area (Å²) < 4.78 is 1.84. The van der Waals surface area contributed by atoms with Crippen molar-refractivity contribution < 1.29 is 0 Å². The van der Waals surface area contributed by atoms with Gasteiger partial charge in [0.15, 0.2) is 5.65 Å². The molecule has 0 atom stereocenters. The highest BCUT2D eigenvalue weighted by molar-refractivity contribution is 6.35. The fourth-order valence-electron chi connectivity index (χ4n) is 2.18. The Labute approximate surface area is 136 Å². The Morgan fingerprint density at radius 2 is 1.90 bits per heavy atom. The van der Waals surface area contributed by atoms with Crippen LogP contribution in [0.2, 0.25) is 15.1 Å². The van der Waals surface area contributed by atoms with Crippen molar-refractivity contribution >= 4 is 51.9 Å². The SMILES string of the molecule is Nc1nc2cc(Cl)cnc2n1CCc1ccc(Cl)cc1Cl. The number of aromatic nitrogens is 3. The van der Waals surface area contributed by atoms with Gasteiger partial charge in [0.25, 0.3) is 0 Å². The van der Waals surface area contributed by atoms with E-state index in [2.05, 4.69) is 9.97 Å². The van der Waals surface area contributed by atoms with Crippen LogP contribution in [0.25, 0.3) is 11.2 Å². The molecule has 0 radical (unpaired) electrons. The van der Waals surface area contributed by atoms with Gasteiger partial charge in [-0.15, -0.1) is 0 Å². The third-order valence-electron chi connectivity index (χ3n) is 3.20. The Morgan fingerprint density at radius 1 is 1.10 bits per heavy atom. The molecule has 2 aromatic heterocycles. The van der Waals surface area contributed by atoms with Crippen LogP contribution >= 0.6 is 34.8 Å². The first kappa shape index (κ1) is 14.4. The summed E-state index contributed by atoms with van der Waals surface area (Å²) in [6.45, 7) is 0.623.